The molecule has 0 aliphatic carbocycles. The number of unbranched alkanes of at least 4 members (excludes halogenated alkanes) is 1. The van der Waals surface area contributed by atoms with Gasteiger partial charge in [-0.1, -0.05) is 19.8 Å². The highest BCUT2D eigenvalue weighted by atomic mass is 32.2. The molecule has 0 spiro atoms. The van der Waals surface area contributed by atoms with Crippen LogP contribution in [0.4, 0.5) is 5.69 Å². The van der Waals surface area contributed by atoms with Crippen molar-refractivity contribution in [1.29, 1.82) is 0 Å². The van der Waals surface area contributed by atoms with E-state index in [4.69, 9.17) is 0 Å². The SMILES string of the molecule is CCCCN(C)C(=O)c1ccc2c(c1)S(=O)(=O)N=C1CCCCCN12. The van der Waals surface area contributed by atoms with Gasteiger partial charge in [-0.3, -0.25) is 4.79 Å². The lowest BCUT2D eigenvalue weighted by atomic mass is 10.1. The molecule has 0 saturated carbocycles. The van der Waals surface area contributed by atoms with Gasteiger partial charge in [-0.2, -0.15) is 8.42 Å². The van der Waals surface area contributed by atoms with Crippen molar-refractivity contribution in [2.45, 2.75) is 50.3 Å². The van der Waals surface area contributed by atoms with E-state index in [-0.39, 0.29) is 10.8 Å². The third-order valence-corrected chi connectivity index (χ3v) is 6.12. The normalized spacial score (nSPS) is 18.6. The second-order valence-electron chi connectivity index (χ2n) is 6.71. The van der Waals surface area contributed by atoms with Gasteiger partial charge in [0.1, 0.15) is 10.7 Å². The lowest BCUT2D eigenvalue weighted by Crippen LogP contribution is -2.35. The molecule has 136 valence electrons. The zero-order valence-electron chi connectivity index (χ0n) is 14.9. The molecule has 0 radical (unpaired) electrons. The van der Waals surface area contributed by atoms with E-state index < -0.39 is 10.0 Å². The summed E-state index contributed by atoms with van der Waals surface area (Å²) in [5, 5.41) is 0. The summed E-state index contributed by atoms with van der Waals surface area (Å²) in [6.07, 6.45) is 5.65. The van der Waals surface area contributed by atoms with Gasteiger partial charge in [0, 0.05) is 32.1 Å². The summed E-state index contributed by atoms with van der Waals surface area (Å²) < 4.78 is 29.3. The number of carbonyl (C=O) groups excluding carboxylic acids is 1. The molecule has 6 nitrogen and oxygen atoms in total. The first-order chi connectivity index (χ1) is 11.9. The number of sulfonamides is 1. The van der Waals surface area contributed by atoms with Crippen molar-refractivity contribution in [1.82, 2.24) is 4.90 Å². The summed E-state index contributed by atoms with van der Waals surface area (Å²) in [6.45, 7) is 3.50. The fourth-order valence-corrected chi connectivity index (χ4v) is 4.61. The molecule has 7 heteroatoms. The summed E-state index contributed by atoms with van der Waals surface area (Å²) in [6, 6.07) is 4.97. The van der Waals surface area contributed by atoms with Crippen LogP contribution in [0.5, 0.6) is 0 Å². The molecule has 2 aliphatic rings. The van der Waals surface area contributed by atoms with Gasteiger partial charge >= 0.3 is 0 Å². The standard InChI is InChI=1S/C18H25N3O3S/c1-3-4-11-20(2)18(22)14-9-10-15-16(13-14)25(23,24)19-17-8-6-5-7-12-21(15)17/h9-10,13H,3-8,11-12H2,1-2H3. The van der Waals surface area contributed by atoms with E-state index in [1.54, 1.807) is 24.1 Å². The van der Waals surface area contributed by atoms with Crippen LogP contribution in [0.25, 0.3) is 0 Å². The molecule has 1 aromatic rings. The number of amidine groups is 1. The van der Waals surface area contributed by atoms with Crippen LogP contribution < -0.4 is 4.90 Å². The molecule has 2 aliphatic heterocycles. The number of carbonyl (C=O) groups is 1. The molecular formula is C18H25N3O3S. The Labute approximate surface area is 149 Å². The number of amides is 1. The third kappa shape index (κ3) is 3.56. The number of nitrogens with zero attached hydrogens (tertiary/aromatic N) is 3. The fraction of sp³-hybridized carbons (Fsp3) is 0.556. The molecule has 1 fully saturated rings. The molecule has 3 rings (SSSR count). The topological polar surface area (TPSA) is 70.0 Å². The van der Waals surface area contributed by atoms with Crippen LogP contribution >= 0.6 is 0 Å². The van der Waals surface area contributed by atoms with E-state index in [0.29, 0.717) is 30.1 Å². The minimum Gasteiger partial charge on any atom is -0.342 e. The van der Waals surface area contributed by atoms with Gasteiger partial charge in [-0.25, -0.2) is 0 Å². The number of fused-ring (bicyclic) bond motifs is 3. The molecule has 1 aromatic carbocycles. The number of rotatable bonds is 4. The molecule has 0 N–H and O–H groups in total. The third-order valence-electron chi connectivity index (χ3n) is 4.79. The Morgan fingerprint density at radius 3 is 2.84 bits per heavy atom. The van der Waals surface area contributed by atoms with Gasteiger partial charge in [-0.05, 0) is 37.5 Å². The monoisotopic (exact) mass is 363 g/mol. The molecule has 1 saturated heterocycles. The smallest absolute Gasteiger partial charge is 0.286 e. The van der Waals surface area contributed by atoms with Gasteiger partial charge in [0.15, 0.2) is 0 Å². The van der Waals surface area contributed by atoms with Crippen LogP contribution in [-0.4, -0.2) is 45.2 Å². The van der Waals surface area contributed by atoms with E-state index in [1.165, 1.54) is 6.07 Å². The summed E-state index contributed by atoms with van der Waals surface area (Å²) in [5.74, 6) is 0.473. The highest BCUT2D eigenvalue weighted by Gasteiger charge is 2.32. The largest absolute Gasteiger partial charge is 0.342 e. The number of hydrogen-bond acceptors (Lipinski definition) is 4. The number of benzene rings is 1. The molecular weight excluding hydrogens is 338 g/mol. The van der Waals surface area contributed by atoms with Crippen molar-refractivity contribution in [2.75, 3.05) is 25.0 Å². The van der Waals surface area contributed by atoms with Gasteiger partial charge in [0.05, 0.1) is 5.69 Å². The predicted molar refractivity (Wildman–Crippen MR) is 98.7 cm³/mol. The molecule has 0 aromatic heterocycles. The minimum absolute atomic E-state index is 0.146. The second-order valence-corrected chi connectivity index (χ2v) is 8.28. The Balaban J connectivity index is 1.97. The van der Waals surface area contributed by atoms with Crippen molar-refractivity contribution in [3.05, 3.63) is 23.8 Å². The molecule has 0 bridgehead atoms. The van der Waals surface area contributed by atoms with E-state index in [9.17, 15) is 13.2 Å². The first-order valence-electron chi connectivity index (χ1n) is 8.95. The van der Waals surface area contributed by atoms with E-state index >= 15 is 0 Å². The van der Waals surface area contributed by atoms with Crippen LogP contribution in [0, 0.1) is 0 Å². The Bertz CT molecular complexity index is 802. The number of anilines is 1. The van der Waals surface area contributed by atoms with Crippen LogP contribution in [0.1, 0.15) is 55.8 Å². The van der Waals surface area contributed by atoms with Crippen LogP contribution in [-0.2, 0) is 10.0 Å². The van der Waals surface area contributed by atoms with Crippen molar-refractivity contribution in [2.24, 2.45) is 4.40 Å². The summed E-state index contributed by atoms with van der Waals surface area (Å²) >= 11 is 0. The maximum atomic E-state index is 12.6. The van der Waals surface area contributed by atoms with Crippen LogP contribution in [0.2, 0.25) is 0 Å². The summed E-state index contributed by atoms with van der Waals surface area (Å²) in [4.78, 5) is 16.4. The van der Waals surface area contributed by atoms with Gasteiger partial charge in [-0.15, -0.1) is 4.40 Å². The fourth-order valence-electron chi connectivity index (χ4n) is 3.33. The molecule has 1 amide bonds. The maximum Gasteiger partial charge on any atom is 0.286 e. The first-order valence-corrected chi connectivity index (χ1v) is 10.4. The Kier molecular flexibility index (Phi) is 5.13. The van der Waals surface area contributed by atoms with Crippen molar-refractivity contribution in [3.8, 4) is 0 Å². The van der Waals surface area contributed by atoms with E-state index in [2.05, 4.69) is 11.3 Å². The molecule has 25 heavy (non-hydrogen) atoms. The van der Waals surface area contributed by atoms with Gasteiger partial charge in [0.2, 0.25) is 0 Å². The minimum atomic E-state index is -3.75. The number of hydrogen-bond donors (Lipinski definition) is 0. The highest BCUT2D eigenvalue weighted by Crippen LogP contribution is 2.35. The zero-order chi connectivity index (χ0) is 18.0. The summed E-state index contributed by atoms with van der Waals surface area (Å²) in [7, 11) is -2.00. The quantitative estimate of drug-likeness (QED) is 0.824. The van der Waals surface area contributed by atoms with Gasteiger partial charge in [0.25, 0.3) is 15.9 Å². The van der Waals surface area contributed by atoms with Crippen molar-refractivity contribution < 1.29 is 13.2 Å². The second kappa shape index (κ2) is 7.15. The zero-order valence-corrected chi connectivity index (χ0v) is 15.7. The Morgan fingerprint density at radius 2 is 2.08 bits per heavy atom. The van der Waals surface area contributed by atoms with Crippen LogP contribution in [0.15, 0.2) is 27.5 Å². The van der Waals surface area contributed by atoms with Crippen LogP contribution in [0.3, 0.4) is 0 Å². The average molecular weight is 363 g/mol. The predicted octanol–water partition coefficient (Wildman–Crippen LogP) is 3.04. The highest BCUT2D eigenvalue weighted by molar-refractivity contribution is 7.90. The van der Waals surface area contributed by atoms with E-state index in [1.807, 2.05) is 4.90 Å². The van der Waals surface area contributed by atoms with Gasteiger partial charge < -0.3 is 9.80 Å². The average Bonchev–Trinajstić information content (AvgIpc) is 2.83. The molecule has 2 heterocycles. The molecule has 0 unspecified atom stereocenters. The Morgan fingerprint density at radius 1 is 1.28 bits per heavy atom. The summed E-state index contributed by atoms with van der Waals surface area (Å²) in [5.41, 5.74) is 1.05. The molecule has 0 atom stereocenters. The van der Waals surface area contributed by atoms with Crippen molar-refractivity contribution >= 4 is 27.5 Å². The first kappa shape index (κ1) is 17.9. The maximum absolute atomic E-state index is 12.6. The van der Waals surface area contributed by atoms with E-state index in [0.717, 1.165) is 38.6 Å². The van der Waals surface area contributed by atoms with Crippen molar-refractivity contribution in [3.63, 3.8) is 0 Å². The lowest BCUT2D eigenvalue weighted by Gasteiger charge is -2.30. The lowest BCUT2D eigenvalue weighted by molar-refractivity contribution is 0.0793. The Hall–Kier alpha value is -1.89.